The summed E-state index contributed by atoms with van der Waals surface area (Å²) in [5, 5.41) is 5.76. The molecular weight excluding hydrogens is 364 g/mol. The van der Waals surface area contributed by atoms with Gasteiger partial charge in [0.05, 0.1) is 5.69 Å². The highest BCUT2D eigenvalue weighted by Gasteiger charge is 2.30. The van der Waals surface area contributed by atoms with E-state index < -0.39 is 0 Å². The Kier molecular flexibility index (Phi) is 5.71. The Morgan fingerprint density at radius 3 is 2.31 bits per heavy atom. The van der Waals surface area contributed by atoms with Gasteiger partial charge in [-0.2, -0.15) is 5.10 Å². The zero-order chi connectivity index (χ0) is 20.2. The minimum atomic E-state index is -0.0735. The number of hydrazone groups is 1. The Balaban J connectivity index is 1.37. The molecule has 4 rings (SSSR count). The molecular formula is C23H26N4O2. The van der Waals surface area contributed by atoms with Gasteiger partial charge in [0.25, 0.3) is 5.91 Å². The number of piperazine rings is 1. The van der Waals surface area contributed by atoms with Gasteiger partial charge in [0, 0.05) is 45.6 Å². The van der Waals surface area contributed by atoms with Crippen LogP contribution in [0.5, 0.6) is 0 Å². The average molecular weight is 390 g/mol. The van der Waals surface area contributed by atoms with Crippen molar-refractivity contribution in [2.75, 3.05) is 31.2 Å². The van der Waals surface area contributed by atoms with Gasteiger partial charge >= 0.3 is 0 Å². The quantitative estimate of drug-likeness (QED) is 0.807. The molecule has 0 spiro atoms. The lowest BCUT2D eigenvalue weighted by Gasteiger charge is -2.35. The van der Waals surface area contributed by atoms with Crippen molar-refractivity contribution in [3.05, 3.63) is 65.7 Å². The molecule has 2 heterocycles. The lowest BCUT2D eigenvalue weighted by atomic mass is 10.1. The summed E-state index contributed by atoms with van der Waals surface area (Å²) in [6.07, 6.45) is 0.720. The van der Waals surface area contributed by atoms with Gasteiger partial charge in [-0.3, -0.25) is 14.5 Å². The van der Waals surface area contributed by atoms with Crippen LogP contribution < -0.4 is 5.01 Å². The summed E-state index contributed by atoms with van der Waals surface area (Å²) in [5.41, 5.74) is 3.73. The van der Waals surface area contributed by atoms with Crippen molar-refractivity contribution in [3.63, 3.8) is 0 Å². The minimum Gasteiger partial charge on any atom is -0.335 e. The molecule has 0 atom stereocenters. The maximum Gasteiger partial charge on any atom is 0.270 e. The fourth-order valence-corrected chi connectivity index (χ4v) is 3.72. The van der Waals surface area contributed by atoms with E-state index in [1.54, 1.807) is 0 Å². The van der Waals surface area contributed by atoms with Crippen molar-refractivity contribution >= 4 is 23.2 Å². The van der Waals surface area contributed by atoms with Crippen LogP contribution in [-0.2, 0) is 16.1 Å². The first kappa shape index (κ1) is 19.3. The first-order valence-corrected chi connectivity index (χ1v) is 10.1. The third-order valence-corrected chi connectivity index (χ3v) is 5.47. The molecule has 29 heavy (non-hydrogen) atoms. The van der Waals surface area contributed by atoms with Crippen LogP contribution in [0.3, 0.4) is 0 Å². The summed E-state index contributed by atoms with van der Waals surface area (Å²) >= 11 is 0. The van der Waals surface area contributed by atoms with Crippen LogP contribution in [0.25, 0.3) is 0 Å². The van der Waals surface area contributed by atoms with Crippen molar-refractivity contribution in [2.45, 2.75) is 26.3 Å². The molecule has 0 bridgehead atoms. The second kappa shape index (κ2) is 8.57. The Bertz CT molecular complexity index is 900. The molecule has 0 aromatic heterocycles. The molecule has 1 saturated heterocycles. The van der Waals surface area contributed by atoms with Crippen LogP contribution in [0.15, 0.2) is 59.7 Å². The van der Waals surface area contributed by atoms with Gasteiger partial charge in [0.1, 0.15) is 5.71 Å². The number of anilines is 1. The Labute approximate surface area is 171 Å². The molecule has 150 valence electrons. The van der Waals surface area contributed by atoms with E-state index in [2.05, 4.69) is 41.2 Å². The molecule has 0 unspecified atom stereocenters. The third kappa shape index (κ3) is 4.54. The molecule has 2 aliphatic heterocycles. The number of hydrogen-bond acceptors (Lipinski definition) is 4. The number of carbonyl (C=O) groups is 2. The highest BCUT2D eigenvalue weighted by atomic mass is 16.2. The number of hydrogen-bond donors (Lipinski definition) is 0. The molecule has 0 radical (unpaired) electrons. The van der Waals surface area contributed by atoms with Gasteiger partial charge < -0.3 is 4.90 Å². The predicted molar refractivity (Wildman–Crippen MR) is 114 cm³/mol. The van der Waals surface area contributed by atoms with Crippen LogP contribution in [0, 0.1) is 6.92 Å². The van der Waals surface area contributed by atoms with Crippen LogP contribution in [-0.4, -0.2) is 53.5 Å². The topological polar surface area (TPSA) is 56.2 Å². The van der Waals surface area contributed by atoms with Gasteiger partial charge in [-0.15, -0.1) is 0 Å². The van der Waals surface area contributed by atoms with Crippen molar-refractivity contribution < 1.29 is 9.59 Å². The maximum absolute atomic E-state index is 13.0. The van der Waals surface area contributed by atoms with E-state index in [0.29, 0.717) is 37.3 Å². The van der Waals surface area contributed by atoms with Crippen molar-refractivity contribution in [3.8, 4) is 0 Å². The fourth-order valence-electron chi connectivity index (χ4n) is 3.72. The maximum atomic E-state index is 13.0. The van der Waals surface area contributed by atoms with Crippen molar-refractivity contribution in [1.82, 2.24) is 9.80 Å². The van der Waals surface area contributed by atoms with E-state index in [-0.39, 0.29) is 11.8 Å². The van der Waals surface area contributed by atoms with Gasteiger partial charge in [0.2, 0.25) is 5.91 Å². The van der Waals surface area contributed by atoms with E-state index in [1.807, 2.05) is 35.2 Å². The lowest BCUT2D eigenvalue weighted by molar-refractivity contribution is -0.126. The second-order valence-corrected chi connectivity index (χ2v) is 7.64. The molecule has 0 N–H and O–H groups in total. The van der Waals surface area contributed by atoms with E-state index in [1.165, 1.54) is 16.1 Å². The Morgan fingerprint density at radius 1 is 0.931 bits per heavy atom. The summed E-state index contributed by atoms with van der Waals surface area (Å²) in [6, 6.07) is 17.9. The summed E-state index contributed by atoms with van der Waals surface area (Å²) in [5.74, 6) is -0.121. The smallest absolute Gasteiger partial charge is 0.270 e. The largest absolute Gasteiger partial charge is 0.335 e. The monoisotopic (exact) mass is 390 g/mol. The number of nitrogens with zero attached hydrogens (tertiary/aromatic N) is 4. The zero-order valence-electron chi connectivity index (χ0n) is 16.8. The SMILES string of the molecule is Cc1ccc(CN2CCN(C(=O)C3=NN(c4ccccc4)C(=O)CC3)CC2)cc1. The number of para-hydroxylation sites is 1. The molecule has 0 saturated carbocycles. The van der Waals surface area contributed by atoms with E-state index in [9.17, 15) is 9.59 Å². The number of rotatable bonds is 4. The molecule has 2 aliphatic rings. The highest BCUT2D eigenvalue weighted by Crippen LogP contribution is 2.20. The molecule has 2 amide bonds. The zero-order valence-corrected chi connectivity index (χ0v) is 16.8. The fraction of sp³-hybridized carbons (Fsp3) is 0.348. The number of benzene rings is 2. The molecule has 1 fully saturated rings. The summed E-state index contributed by atoms with van der Waals surface area (Å²) in [7, 11) is 0. The Hall–Kier alpha value is -2.99. The normalized spacial score (nSPS) is 18.0. The number of amides is 2. The number of aryl methyl sites for hydroxylation is 1. The van der Waals surface area contributed by atoms with Gasteiger partial charge in [0.15, 0.2) is 0 Å². The predicted octanol–water partition coefficient (Wildman–Crippen LogP) is 2.82. The van der Waals surface area contributed by atoms with Gasteiger partial charge in [-0.05, 0) is 24.6 Å². The molecule has 6 nitrogen and oxygen atoms in total. The highest BCUT2D eigenvalue weighted by molar-refractivity contribution is 6.40. The van der Waals surface area contributed by atoms with Crippen molar-refractivity contribution in [1.29, 1.82) is 0 Å². The summed E-state index contributed by atoms with van der Waals surface area (Å²) in [4.78, 5) is 29.5. The first-order chi connectivity index (χ1) is 14.1. The molecule has 0 aliphatic carbocycles. The average Bonchev–Trinajstić information content (AvgIpc) is 2.76. The third-order valence-electron chi connectivity index (χ3n) is 5.47. The molecule has 2 aromatic carbocycles. The van der Waals surface area contributed by atoms with Gasteiger partial charge in [-0.25, -0.2) is 5.01 Å². The second-order valence-electron chi connectivity index (χ2n) is 7.64. The Morgan fingerprint density at radius 2 is 1.62 bits per heavy atom. The van der Waals surface area contributed by atoms with Crippen LogP contribution in [0.2, 0.25) is 0 Å². The molecule has 6 heteroatoms. The van der Waals surface area contributed by atoms with Crippen LogP contribution in [0.4, 0.5) is 5.69 Å². The van der Waals surface area contributed by atoms with E-state index in [0.717, 1.165) is 19.6 Å². The standard InChI is InChI=1S/C23H26N4O2/c1-18-7-9-19(10-8-18)17-25-13-15-26(16-14-25)23(29)21-11-12-22(28)27(24-21)20-5-3-2-4-6-20/h2-10H,11-17H2,1H3. The number of carbonyl (C=O) groups excluding carboxylic acids is 2. The first-order valence-electron chi connectivity index (χ1n) is 10.1. The van der Waals surface area contributed by atoms with Crippen LogP contribution in [0.1, 0.15) is 24.0 Å². The van der Waals surface area contributed by atoms with Crippen molar-refractivity contribution in [2.24, 2.45) is 5.10 Å². The van der Waals surface area contributed by atoms with E-state index >= 15 is 0 Å². The minimum absolute atomic E-state index is 0.0478. The van der Waals surface area contributed by atoms with Gasteiger partial charge in [-0.1, -0.05) is 48.0 Å². The summed E-state index contributed by atoms with van der Waals surface area (Å²) in [6.45, 7) is 6.04. The van der Waals surface area contributed by atoms with E-state index in [4.69, 9.17) is 0 Å². The van der Waals surface area contributed by atoms with Crippen LogP contribution >= 0.6 is 0 Å². The lowest BCUT2D eigenvalue weighted by Crippen LogP contribution is -2.51. The summed E-state index contributed by atoms with van der Waals surface area (Å²) < 4.78 is 0. The molecule has 2 aromatic rings.